The Bertz CT molecular complexity index is 303. The average Bonchev–Trinajstić information content (AvgIpc) is 2.31. The van der Waals surface area contributed by atoms with Crippen LogP contribution < -0.4 is 5.32 Å². The molecule has 0 amide bonds. The molecule has 0 aliphatic heterocycles. The first kappa shape index (κ1) is 17.4. The van der Waals surface area contributed by atoms with E-state index >= 15 is 0 Å². The van der Waals surface area contributed by atoms with Crippen molar-refractivity contribution in [3.05, 3.63) is 0 Å². The topological polar surface area (TPSA) is 52.6 Å². The number of rotatable bonds is 10. The Morgan fingerprint density at radius 3 is 2.50 bits per heavy atom. The number of carbonyl (C=O) groups is 1. The molecule has 0 radical (unpaired) electrons. The lowest BCUT2D eigenvalue weighted by atomic mass is 9.85. The van der Waals surface area contributed by atoms with Gasteiger partial charge in [0.2, 0.25) is 0 Å². The third-order valence-electron chi connectivity index (χ3n) is 4.52. The van der Waals surface area contributed by atoms with Gasteiger partial charge in [-0.25, -0.2) is 0 Å². The fourth-order valence-electron chi connectivity index (χ4n) is 3.08. The quantitative estimate of drug-likeness (QED) is 0.647. The Morgan fingerprint density at radius 2 is 2.10 bits per heavy atom. The zero-order valence-corrected chi connectivity index (χ0v) is 13.6. The minimum absolute atomic E-state index is 0.193. The first-order valence-electron chi connectivity index (χ1n) is 8.09. The number of carboxylic acid groups (broad SMARTS) is 1. The number of aliphatic carboxylic acids is 1. The second-order valence-electron chi connectivity index (χ2n) is 6.70. The minimum Gasteiger partial charge on any atom is -0.480 e. The fraction of sp³-hybridized carbons (Fsp3) is 0.938. The van der Waals surface area contributed by atoms with Crippen LogP contribution in [0.2, 0.25) is 0 Å². The van der Waals surface area contributed by atoms with Crippen LogP contribution in [0.15, 0.2) is 0 Å². The average molecular weight is 284 g/mol. The van der Waals surface area contributed by atoms with Crippen molar-refractivity contribution in [2.45, 2.75) is 70.9 Å². The van der Waals surface area contributed by atoms with E-state index in [0.717, 1.165) is 18.9 Å². The molecule has 1 aliphatic rings. The van der Waals surface area contributed by atoms with Crippen molar-refractivity contribution in [3.63, 3.8) is 0 Å². The summed E-state index contributed by atoms with van der Waals surface area (Å²) in [7, 11) is 2.16. The van der Waals surface area contributed by atoms with E-state index in [1.54, 1.807) is 0 Å². The van der Waals surface area contributed by atoms with Gasteiger partial charge < -0.3 is 10.0 Å². The van der Waals surface area contributed by atoms with Gasteiger partial charge in [-0.05, 0) is 65.5 Å². The lowest BCUT2D eigenvalue weighted by Crippen LogP contribution is -2.54. The van der Waals surface area contributed by atoms with Gasteiger partial charge in [-0.2, -0.15) is 0 Å². The first-order chi connectivity index (χ1) is 9.39. The Morgan fingerprint density at radius 1 is 1.45 bits per heavy atom. The van der Waals surface area contributed by atoms with Crippen LogP contribution in [-0.2, 0) is 4.79 Å². The van der Waals surface area contributed by atoms with E-state index in [4.69, 9.17) is 0 Å². The maximum atomic E-state index is 11.6. The van der Waals surface area contributed by atoms with Gasteiger partial charge in [0.05, 0.1) is 0 Å². The molecule has 1 saturated carbocycles. The van der Waals surface area contributed by atoms with Gasteiger partial charge in [0, 0.05) is 12.6 Å². The van der Waals surface area contributed by atoms with Gasteiger partial charge in [0.15, 0.2) is 0 Å². The smallest absolute Gasteiger partial charge is 0.323 e. The van der Waals surface area contributed by atoms with Crippen molar-refractivity contribution in [2.75, 3.05) is 20.1 Å². The molecule has 0 aromatic rings. The van der Waals surface area contributed by atoms with E-state index in [9.17, 15) is 9.90 Å². The Labute approximate surface area is 123 Å². The van der Waals surface area contributed by atoms with Gasteiger partial charge in [-0.1, -0.05) is 13.3 Å². The van der Waals surface area contributed by atoms with Crippen LogP contribution in [-0.4, -0.2) is 47.7 Å². The van der Waals surface area contributed by atoms with E-state index in [1.807, 2.05) is 20.8 Å². The van der Waals surface area contributed by atoms with Crippen molar-refractivity contribution in [2.24, 2.45) is 5.92 Å². The molecule has 0 aromatic carbocycles. The van der Waals surface area contributed by atoms with Gasteiger partial charge in [0.1, 0.15) is 5.54 Å². The van der Waals surface area contributed by atoms with Crippen LogP contribution in [0.4, 0.5) is 0 Å². The molecule has 4 heteroatoms. The van der Waals surface area contributed by atoms with Crippen molar-refractivity contribution in [1.29, 1.82) is 0 Å². The predicted octanol–water partition coefficient (Wildman–Crippen LogP) is 2.73. The van der Waals surface area contributed by atoms with Crippen LogP contribution >= 0.6 is 0 Å². The molecule has 0 saturated heterocycles. The monoisotopic (exact) mass is 284 g/mol. The molecule has 20 heavy (non-hydrogen) atoms. The van der Waals surface area contributed by atoms with Crippen molar-refractivity contribution >= 4 is 5.97 Å². The minimum atomic E-state index is -0.758. The third kappa shape index (κ3) is 5.06. The van der Waals surface area contributed by atoms with Gasteiger partial charge in [-0.15, -0.1) is 0 Å². The number of nitrogens with zero attached hydrogens (tertiary/aromatic N) is 1. The molecule has 0 bridgehead atoms. The standard InChI is InChI=1S/C16H32N2O2/c1-5-16(15(19)20,17-13(2)3)10-7-11-18(4)12-14-8-6-9-14/h13-14,17H,5-12H2,1-4H3,(H,19,20). The van der Waals surface area contributed by atoms with Crippen LogP contribution in [0.25, 0.3) is 0 Å². The summed E-state index contributed by atoms with van der Waals surface area (Å²) in [4.78, 5) is 14.0. The number of hydrogen-bond donors (Lipinski definition) is 2. The van der Waals surface area contributed by atoms with Crippen LogP contribution in [0.5, 0.6) is 0 Å². The maximum Gasteiger partial charge on any atom is 0.323 e. The molecule has 1 atom stereocenters. The van der Waals surface area contributed by atoms with Crippen molar-refractivity contribution in [3.8, 4) is 0 Å². The molecule has 1 aliphatic carbocycles. The molecule has 1 unspecified atom stereocenters. The van der Waals surface area contributed by atoms with Gasteiger partial charge in [-0.3, -0.25) is 10.1 Å². The molecular formula is C16H32N2O2. The number of carboxylic acids is 1. The Balaban J connectivity index is 2.38. The predicted molar refractivity (Wildman–Crippen MR) is 83.0 cm³/mol. The zero-order valence-electron chi connectivity index (χ0n) is 13.6. The highest BCUT2D eigenvalue weighted by atomic mass is 16.4. The normalized spacial score (nSPS) is 19.1. The van der Waals surface area contributed by atoms with Gasteiger partial charge >= 0.3 is 5.97 Å². The molecule has 0 aromatic heterocycles. The largest absolute Gasteiger partial charge is 0.480 e. The Hall–Kier alpha value is -0.610. The van der Waals surface area contributed by atoms with Crippen molar-refractivity contribution in [1.82, 2.24) is 10.2 Å². The first-order valence-corrected chi connectivity index (χ1v) is 8.09. The summed E-state index contributed by atoms with van der Waals surface area (Å²) >= 11 is 0. The summed E-state index contributed by atoms with van der Waals surface area (Å²) in [6.07, 6.45) is 6.39. The molecule has 2 N–H and O–H groups in total. The summed E-state index contributed by atoms with van der Waals surface area (Å²) in [6.45, 7) is 8.14. The fourth-order valence-corrected chi connectivity index (χ4v) is 3.08. The molecule has 0 spiro atoms. The summed E-state index contributed by atoms with van der Waals surface area (Å²) < 4.78 is 0. The van der Waals surface area contributed by atoms with E-state index < -0.39 is 11.5 Å². The highest BCUT2D eigenvalue weighted by Gasteiger charge is 2.36. The van der Waals surface area contributed by atoms with Crippen LogP contribution in [0, 0.1) is 5.92 Å². The Kier molecular flexibility index (Phi) is 6.96. The van der Waals surface area contributed by atoms with E-state index in [2.05, 4.69) is 17.3 Å². The molecule has 1 fully saturated rings. The zero-order chi connectivity index (χ0) is 15.2. The second-order valence-corrected chi connectivity index (χ2v) is 6.70. The highest BCUT2D eigenvalue weighted by Crippen LogP contribution is 2.27. The van der Waals surface area contributed by atoms with Crippen molar-refractivity contribution < 1.29 is 9.90 Å². The maximum absolute atomic E-state index is 11.6. The van der Waals surface area contributed by atoms with E-state index in [1.165, 1.54) is 25.8 Å². The lowest BCUT2D eigenvalue weighted by Gasteiger charge is -2.33. The van der Waals surface area contributed by atoms with Crippen LogP contribution in [0.1, 0.15) is 59.3 Å². The number of nitrogens with one attached hydrogen (secondary N) is 1. The van der Waals surface area contributed by atoms with Crippen LogP contribution in [0.3, 0.4) is 0 Å². The highest BCUT2D eigenvalue weighted by molar-refractivity contribution is 5.78. The lowest BCUT2D eigenvalue weighted by molar-refractivity contribution is -0.145. The number of hydrogen-bond acceptors (Lipinski definition) is 3. The second kappa shape index (κ2) is 7.99. The third-order valence-corrected chi connectivity index (χ3v) is 4.52. The summed E-state index contributed by atoms with van der Waals surface area (Å²) in [5, 5.41) is 12.8. The SMILES string of the molecule is CCC(CCCN(C)CC1CCC1)(NC(C)C)C(=O)O. The molecule has 4 nitrogen and oxygen atoms in total. The summed E-state index contributed by atoms with van der Waals surface area (Å²) in [5.41, 5.74) is -0.758. The van der Waals surface area contributed by atoms with E-state index in [-0.39, 0.29) is 6.04 Å². The van der Waals surface area contributed by atoms with Gasteiger partial charge in [0.25, 0.3) is 0 Å². The molecule has 0 heterocycles. The molecule has 1 rings (SSSR count). The summed E-state index contributed by atoms with van der Waals surface area (Å²) in [5.74, 6) is 0.166. The summed E-state index contributed by atoms with van der Waals surface area (Å²) in [6, 6.07) is 0.193. The van der Waals surface area contributed by atoms with E-state index in [0.29, 0.717) is 12.8 Å². The molecule has 118 valence electrons. The molecular weight excluding hydrogens is 252 g/mol.